The summed E-state index contributed by atoms with van der Waals surface area (Å²) in [6, 6.07) is 10.8. The summed E-state index contributed by atoms with van der Waals surface area (Å²) in [5.41, 5.74) is 2.55. The first kappa shape index (κ1) is 24.0. The van der Waals surface area contributed by atoms with Gasteiger partial charge in [0.2, 0.25) is 0 Å². The van der Waals surface area contributed by atoms with Gasteiger partial charge in [-0.1, -0.05) is 30.3 Å². The quantitative estimate of drug-likeness (QED) is 0.348. The van der Waals surface area contributed by atoms with Crippen LogP contribution in [0.2, 0.25) is 0 Å². The van der Waals surface area contributed by atoms with Crippen molar-refractivity contribution in [2.24, 2.45) is 18.0 Å². The Labute approximate surface area is 202 Å². The van der Waals surface area contributed by atoms with E-state index in [0.29, 0.717) is 12.5 Å². The maximum atomic E-state index is 5.97. The Hall–Kier alpha value is -1.65. The van der Waals surface area contributed by atoms with Gasteiger partial charge in [0, 0.05) is 52.0 Å². The van der Waals surface area contributed by atoms with Crippen LogP contribution in [0.4, 0.5) is 0 Å². The molecular weight excluding hydrogens is 503 g/mol. The molecule has 3 heterocycles. The number of rotatable bonds is 6. The highest BCUT2D eigenvalue weighted by Gasteiger charge is 2.27. The molecule has 2 fully saturated rings. The van der Waals surface area contributed by atoms with Crippen molar-refractivity contribution in [1.82, 2.24) is 24.9 Å². The van der Waals surface area contributed by atoms with Crippen LogP contribution in [-0.4, -0.2) is 78.5 Å². The zero-order valence-corrected chi connectivity index (χ0v) is 20.9. The molecule has 0 spiro atoms. The molecule has 0 amide bonds. The summed E-state index contributed by atoms with van der Waals surface area (Å²) < 4.78 is 7.80. The number of benzene rings is 1. The second-order valence-electron chi connectivity index (χ2n) is 8.37. The minimum atomic E-state index is 0. The first-order valence-electron chi connectivity index (χ1n) is 11.0. The Bertz CT molecular complexity index is 826. The van der Waals surface area contributed by atoms with Crippen molar-refractivity contribution in [1.29, 1.82) is 0 Å². The van der Waals surface area contributed by atoms with E-state index in [1.165, 1.54) is 18.5 Å². The van der Waals surface area contributed by atoms with Crippen molar-refractivity contribution < 1.29 is 4.74 Å². The van der Waals surface area contributed by atoms with Gasteiger partial charge in [0.1, 0.15) is 6.10 Å². The molecular formula is C23H35IN6O. The number of nitrogens with one attached hydrogen (secondary N) is 1. The van der Waals surface area contributed by atoms with E-state index in [0.717, 1.165) is 50.7 Å². The lowest BCUT2D eigenvalue weighted by Gasteiger charge is -2.35. The van der Waals surface area contributed by atoms with Crippen LogP contribution in [0.15, 0.2) is 47.7 Å². The monoisotopic (exact) mass is 538 g/mol. The molecule has 1 aromatic carbocycles. The zero-order chi connectivity index (χ0) is 20.8. The number of hydrogen-bond donors (Lipinski definition) is 1. The topological polar surface area (TPSA) is 57.9 Å². The van der Waals surface area contributed by atoms with E-state index in [4.69, 9.17) is 4.74 Å². The van der Waals surface area contributed by atoms with Crippen molar-refractivity contribution in [2.75, 3.05) is 52.9 Å². The summed E-state index contributed by atoms with van der Waals surface area (Å²) >= 11 is 0. The Morgan fingerprint density at radius 3 is 2.81 bits per heavy atom. The fourth-order valence-electron chi connectivity index (χ4n) is 4.43. The normalized spacial score (nSPS) is 22.4. The minimum Gasteiger partial charge on any atom is -0.370 e. The number of halogens is 1. The summed E-state index contributed by atoms with van der Waals surface area (Å²) in [6.07, 6.45) is 6.36. The molecule has 1 aromatic heterocycles. The van der Waals surface area contributed by atoms with E-state index in [-0.39, 0.29) is 30.1 Å². The molecule has 0 aliphatic carbocycles. The fraction of sp³-hybridized carbons (Fsp3) is 0.565. The van der Waals surface area contributed by atoms with E-state index >= 15 is 0 Å². The Morgan fingerprint density at radius 2 is 2.06 bits per heavy atom. The van der Waals surface area contributed by atoms with Crippen LogP contribution in [0.3, 0.4) is 0 Å². The summed E-state index contributed by atoms with van der Waals surface area (Å²) in [4.78, 5) is 9.44. The second-order valence-corrected chi connectivity index (χ2v) is 8.37. The van der Waals surface area contributed by atoms with Crippen LogP contribution in [0.25, 0.3) is 0 Å². The van der Waals surface area contributed by atoms with Gasteiger partial charge in [-0.25, -0.2) is 0 Å². The van der Waals surface area contributed by atoms with Gasteiger partial charge in [-0.2, -0.15) is 5.10 Å². The SMILES string of the molecule is CN=C(NCC1CCN(CCc2ccccc2)C1)N1CCOC(c2cnn(C)c2)C1.I. The molecule has 1 N–H and O–H groups in total. The number of aliphatic imine (C=N–C) groups is 1. The number of likely N-dealkylation sites (tertiary alicyclic amines) is 1. The van der Waals surface area contributed by atoms with Crippen molar-refractivity contribution in [3.63, 3.8) is 0 Å². The van der Waals surface area contributed by atoms with E-state index in [2.05, 4.69) is 55.5 Å². The third kappa shape index (κ3) is 6.66. The molecule has 170 valence electrons. The maximum absolute atomic E-state index is 5.97. The molecule has 4 rings (SSSR count). The predicted molar refractivity (Wildman–Crippen MR) is 135 cm³/mol. The number of aromatic nitrogens is 2. The van der Waals surface area contributed by atoms with Gasteiger partial charge in [-0.3, -0.25) is 9.67 Å². The van der Waals surface area contributed by atoms with Gasteiger partial charge in [0.25, 0.3) is 0 Å². The van der Waals surface area contributed by atoms with Gasteiger partial charge in [0.05, 0.1) is 19.3 Å². The van der Waals surface area contributed by atoms with E-state index in [1.807, 2.05) is 31.2 Å². The van der Waals surface area contributed by atoms with Crippen LogP contribution in [-0.2, 0) is 18.2 Å². The third-order valence-corrected chi connectivity index (χ3v) is 6.15. The number of guanidine groups is 1. The summed E-state index contributed by atoms with van der Waals surface area (Å²) in [7, 11) is 3.81. The lowest BCUT2D eigenvalue weighted by atomic mass is 10.1. The molecule has 2 aliphatic heterocycles. The first-order chi connectivity index (χ1) is 14.7. The van der Waals surface area contributed by atoms with Gasteiger partial charge in [-0.15, -0.1) is 24.0 Å². The van der Waals surface area contributed by atoms with Crippen LogP contribution in [0.1, 0.15) is 23.7 Å². The molecule has 0 bridgehead atoms. The van der Waals surface area contributed by atoms with Crippen LogP contribution in [0, 0.1) is 5.92 Å². The molecule has 7 nitrogen and oxygen atoms in total. The van der Waals surface area contributed by atoms with Crippen molar-refractivity contribution >= 4 is 29.9 Å². The lowest BCUT2D eigenvalue weighted by Crippen LogP contribution is -2.49. The molecule has 8 heteroatoms. The van der Waals surface area contributed by atoms with E-state index < -0.39 is 0 Å². The Morgan fingerprint density at radius 1 is 1.23 bits per heavy atom. The average molecular weight is 538 g/mol. The molecule has 2 saturated heterocycles. The van der Waals surface area contributed by atoms with Gasteiger partial charge < -0.3 is 19.9 Å². The zero-order valence-electron chi connectivity index (χ0n) is 18.6. The molecule has 2 aliphatic rings. The number of hydrogen-bond acceptors (Lipinski definition) is 4. The van der Waals surface area contributed by atoms with E-state index in [1.54, 1.807) is 0 Å². The molecule has 2 aromatic rings. The van der Waals surface area contributed by atoms with Crippen molar-refractivity contribution in [3.05, 3.63) is 53.9 Å². The maximum Gasteiger partial charge on any atom is 0.193 e. The average Bonchev–Trinajstić information content (AvgIpc) is 3.43. The molecule has 2 unspecified atom stereocenters. The van der Waals surface area contributed by atoms with Crippen molar-refractivity contribution in [3.8, 4) is 0 Å². The molecule has 31 heavy (non-hydrogen) atoms. The van der Waals surface area contributed by atoms with Crippen molar-refractivity contribution in [2.45, 2.75) is 18.9 Å². The molecule has 0 saturated carbocycles. The fourth-order valence-corrected chi connectivity index (χ4v) is 4.43. The Balaban J connectivity index is 0.00000272. The van der Waals surface area contributed by atoms with Crippen LogP contribution in [0.5, 0.6) is 0 Å². The summed E-state index contributed by atoms with van der Waals surface area (Å²) in [5, 5.41) is 7.91. The lowest BCUT2D eigenvalue weighted by molar-refractivity contribution is -0.00807. The second kappa shape index (κ2) is 11.8. The third-order valence-electron chi connectivity index (χ3n) is 6.15. The van der Waals surface area contributed by atoms with Gasteiger partial charge in [-0.05, 0) is 30.9 Å². The number of aryl methyl sites for hydroxylation is 1. The van der Waals surface area contributed by atoms with Gasteiger partial charge in [0.15, 0.2) is 5.96 Å². The first-order valence-corrected chi connectivity index (χ1v) is 11.0. The minimum absolute atomic E-state index is 0. The highest BCUT2D eigenvalue weighted by atomic mass is 127. The van der Waals surface area contributed by atoms with Gasteiger partial charge >= 0.3 is 0 Å². The number of ether oxygens (including phenoxy) is 1. The Kier molecular flexibility index (Phi) is 9.15. The summed E-state index contributed by atoms with van der Waals surface area (Å²) in [5.74, 6) is 1.66. The number of morpholine rings is 1. The smallest absolute Gasteiger partial charge is 0.193 e. The standard InChI is InChI=1S/C23H34N6O.HI/c1-24-23(29-12-13-30-22(18-29)21-15-26-27(2)17-21)25-14-20-9-11-28(16-20)10-8-19-6-4-3-5-7-19;/h3-7,15,17,20,22H,8-14,16,18H2,1-2H3,(H,24,25);1H. The summed E-state index contributed by atoms with van der Waals surface area (Å²) in [6.45, 7) is 6.85. The highest BCUT2D eigenvalue weighted by Crippen LogP contribution is 2.22. The van der Waals surface area contributed by atoms with Crippen LogP contribution >= 0.6 is 24.0 Å². The molecule has 0 radical (unpaired) electrons. The largest absolute Gasteiger partial charge is 0.370 e. The predicted octanol–water partition coefficient (Wildman–Crippen LogP) is 2.55. The van der Waals surface area contributed by atoms with Crippen LogP contribution < -0.4 is 5.32 Å². The molecule has 2 atom stereocenters. The number of nitrogens with zero attached hydrogens (tertiary/aromatic N) is 5. The van der Waals surface area contributed by atoms with E-state index in [9.17, 15) is 0 Å². The highest BCUT2D eigenvalue weighted by molar-refractivity contribution is 14.0.